The third-order valence-corrected chi connectivity index (χ3v) is 5.80. The van der Waals surface area contributed by atoms with E-state index in [2.05, 4.69) is 23.5 Å². The van der Waals surface area contributed by atoms with E-state index in [-0.39, 0.29) is 11.5 Å². The van der Waals surface area contributed by atoms with Crippen LogP contribution < -0.4 is 14.8 Å². The Morgan fingerprint density at radius 3 is 2.31 bits per heavy atom. The minimum atomic E-state index is -0.948. The molecule has 1 spiro atoms. The van der Waals surface area contributed by atoms with Gasteiger partial charge in [0.2, 0.25) is 0 Å². The third-order valence-electron chi connectivity index (χ3n) is 5.80. The Kier molecular flexibility index (Phi) is 4.02. The fourth-order valence-electron chi connectivity index (χ4n) is 4.17. The lowest BCUT2D eigenvalue weighted by Crippen LogP contribution is -2.36. The Morgan fingerprint density at radius 1 is 1.04 bits per heavy atom. The van der Waals surface area contributed by atoms with E-state index in [4.69, 9.17) is 9.47 Å². The van der Waals surface area contributed by atoms with Crippen molar-refractivity contribution in [2.24, 2.45) is 5.41 Å². The highest BCUT2D eigenvalue weighted by atomic mass is 16.5. The molecule has 5 heteroatoms. The predicted molar refractivity (Wildman–Crippen MR) is 98.9 cm³/mol. The summed E-state index contributed by atoms with van der Waals surface area (Å²) in [6, 6.07) is 12.0. The molecule has 2 aliphatic carbocycles. The number of rotatable bonds is 4. The summed E-state index contributed by atoms with van der Waals surface area (Å²) in [5.41, 5.74) is 4.59. The largest absolute Gasteiger partial charge is 0.497 e. The van der Waals surface area contributed by atoms with Gasteiger partial charge in [-0.25, -0.2) is 4.79 Å². The highest BCUT2D eigenvalue weighted by molar-refractivity contribution is 5.70. The standard InChI is InChI=1S/C21H23NO4/c1-25-16-10-15(11-17(12-16)26-2)13-3-4-18-14(9-13)5-6-21(7-8-21)19(18)22-20(23)24/h3-4,9-12,19,22H,5-8H2,1-2H3,(H,23,24). The zero-order valence-corrected chi connectivity index (χ0v) is 15.0. The van der Waals surface area contributed by atoms with Gasteiger partial charge in [0.1, 0.15) is 11.5 Å². The summed E-state index contributed by atoms with van der Waals surface area (Å²) >= 11 is 0. The Morgan fingerprint density at radius 2 is 1.73 bits per heavy atom. The van der Waals surface area contributed by atoms with E-state index >= 15 is 0 Å². The molecule has 0 bridgehead atoms. The van der Waals surface area contributed by atoms with Crippen molar-refractivity contribution in [3.05, 3.63) is 47.5 Å². The van der Waals surface area contributed by atoms with Gasteiger partial charge in [-0.1, -0.05) is 18.2 Å². The van der Waals surface area contributed by atoms with Crippen LogP contribution in [0.15, 0.2) is 36.4 Å². The average Bonchev–Trinajstić information content (AvgIpc) is 3.43. The maximum atomic E-state index is 11.3. The molecule has 0 saturated heterocycles. The van der Waals surface area contributed by atoms with E-state index in [1.165, 1.54) is 5.56 Å². The molecule has 0 radical (unpaired) electrons. The van der Waals surface area contributed by atoms with E-state index in [1.807, 2.05) is 18.2 Å². The molecule has 0 aromatic heterocycles. The molecule has 1 atom stereocenters. The lowest BCUT2D eigenvalue weighted by molar-refractivity contribution is 0.178. The van der Waals surface area contributed by atoms with Crippen LogP contribution in [0.4, 0.5) is 4.79 Å². The smallest absolute Gasteiger partial charge is 0.405 e. The number of methoxy groups -OCH3 is 2. The summed E-state index contributed by atoms with van der Waals surface area (Å²) in [6.45, 7) is 0. The summed E-state index contributed by atoms with van der Waals surface area (Å²) in [7, 11) is 3.28. The topological polar surface area (TPSA) is 67.8 Å². The second-order valence-corrected chi connectivity index (χ2v) is 7.26. The van der Waals surface area contributed by atoms with Crippen LogP contribution in [0, 0.1) is 5.41 Å². The van der Waals surface area contributed by atoms with Crippen LogP contribution in [0.1, 0.15) is 36.4 Å². The summed E-state index contributed by atoms with van der Waals surface area (Å²) in [5.74, 6) is 1.50. The molecule has 2 N–H and O–H groups in total. The van der Waals surface area contributed by atoms with Gasteiger partial charge in [-0.3, -0.25) is 0 Å². The summed E-state index contributed by atoms with van der Waals surface area (Å²) in [6.07, 6.45) is 3.28. The molecule has 136 valence electrons. The van der Waals surface area contributed by atoms with E-state index in [0.717, 1.165) is 53.9 Å². The quantitative estimate of drug-likeness (QED) is 0.854. The van der Waals surface area contributed by atoms with E-state index in [1.54, 1.807) is 14.2 Å². The number of benzene rings is 2. The van der Waals surface area contributed by atoms with Gasteiger partial charge >= 0.3 is 6.09 Å². The van der Waals surface area contributed by atoms with Gasteiger partial charge in [0.15, 0.2) is 0 Å². The monoisotopic (exact) mass is 353 g/mol. The van der Waals surface area contributed by atoms with Gasteiger partial charge in [0.25, 0.3) is 0 Å². The van der Waals surface area contributed by atoms with Gasteiger partial charge in [-0.05, 0) is 65.5 Å². The molecule has 2 aromatic rings. The van der Waals surface area contributed by atoms with Crippen molar-refractivity contribution in [2.45, 2.75) is 31.7 Å². The number of aryl methyl sites for hydroxylation is 1. The molecule has 4 rings (SSSR count). The highest BCUT2D eigenvalue weighted by Gasteiger charge is 2.52. The Bertz CT molecular complexity index is 835. The van der Waals surface area contributed by atoms with Gasteiger partial charge in [0.05, 0.1) is 20.3 Å². The molecular formula is C21H23NO4. The number of hydrogen-bond donors (Lipinski definition) is 2. The maximum Gasteiger partial charge on any atom is 0.405 e. The number of fused-ring (bicyclic) bond motifs is 1. The molecule has 2 aromatic carbocycles. The molecule has 5 nitrogen and oxygen atoms in total. The van der Waals surface area contributed by atoms with Crippen molar-refractivity contribution >= 4 is 6.09 Å². The Balaban J connectivity index is 1.73. The van der Waals surface area contributed by atoms with Crippen molar-refractivity contribution < 1.29 is 19.4 Å². The summed E-state index contributed by atoms with van der Waals surface area (Å²) < 4.78 is 10.7. The predicted octanol–water partition coefficient (Wildman–Crippen LogP) is 4.41. The van der Waals surface area contributed by atoms with Crippen LogP contribution in [0.3, 0.4) is 0 Å². The maximum absolute atomic E-state index is 11.3. The number of nitrogens with one attached hydrogen (secondary N) is 1. The van der Waals surface area contributed by atoms with Crippen molar-refractivity contribution in [1.29, 1.82) is 0 Å². The zero-order chi connectivity index (χ0) is 18.3. The summed E-state index contributed by atoms with van der Waals surface area (Å²) in [4.78, 5) is 11.3. The zero-order valence-electron chi connectivity index (χ0n) is 15.0. The van der Waals surface area contributed by atoms with Crippen LogP contribution in [0.5, 0.6) is 11.5 Å². The normalized spacial score (nSPS) is 19.5. The van der Waals surface area contributed by atoms with Gasteiger partial charge in [-0.15, -0.1) is 0 Å². The Hall–Kier alpha value is -2.69. The van der Waals surface area contributed by atoms with Crippen molar-refractivity contribution in [3.63, 3.8) is 0 Å². The second-order valence-electron chi connectivity index (χ2n) is 7.26. The molecule has 0 aliphatic heterocycles. The van der Waals surface area contributed by atoms with E-state index in [9.17, 15) is 9.90 Å². The fraction of sp³-hybridized carbons (Fsp3) is 0.381. The first-order chi connectivity index (χ1) is 12.5. The summed E-state index contributed by atoms with van der Waals surface area (Å²) in [5, 5.41) is 12.0. The van der Waals surface area contributed by atoms with Crippen molar-refractivity contribution in [3.8, 4) is 22.6 Å². The van der Waals surface area contributed by atoms with Crippen LogP contribution >= 0.6 is 0 Å². The minimum absolute atomic E-state index is 0.0994. The molecule has 1 fully saturated rings. The van der Waals surface area contributed by atoms with E-state index < -0.39 is 6.09 Å². The molecule has 26 heavy (non-hydrogen) atoms. The number of hydrogen-bond acceptors (Lipinski definition) is 3. The SMILES string of the molecule is COc1cc(OC)cc(-c2ccc3c(c2)CCC2(CC2)C3NC(=O)O)c1. The number of carbonyl (C=O) groups is 1. The lowest BCUT2D eigenvalue weighted by atomic mass is 9.76. The first kappa shape index (κ1) is 16.8. The molecule has 0 heterocycles. The molecule has 1 saturated carbocycles. The minimum Gasteiger partial charge on any atom is -0.497 e. The van der Waals surface area contributed by atoms with Crippen LogP contribution in [-0.2, 0) is 6.42 Å². The first-order valence-corrected chi connectivity index (χ1v) is 8.90. The van der Waals surface area contributed by atoms with E-state index in [0.29, 0.717) is 0 Å². The number of ether oxygens (including phenoxy) is 2. The Labute approximate surface area is 152 Å². The highest BCUT2D eigenvalue weighted by Crippen LogP contribution is 2.61. The average molecular weight is 353 g/mol. The van der Waals surface area contributed by atoms with Crippen LogP contribution in [0.2, 0.25) is 0 Å². The molecule has 2 aliphatic rings. The van der Waals surface area contributed by atoms with Gasteiger partial charge in [-0.2, -0.15) is 0 Å². The molecule has 1 amide bonds. The molecule has 1 unspecified atom stereocenters. The van der Waals surface area contributed by atoms with Crippen molar-refractivity contribution in [2.75, 3.05) is 14.2 Å². The van der Waals surface area contributed by atoms with Crippen LogP contribution in [0.25, 0.3) is 11.1 Å². The van der Waals surface area contributed by atoms with Gasteiger partial charge in [0, 0.05) is 6.07 Å². The fourth-order valence-corrected chi connectivity index (χ4v) is 4.17. The second kappa shape index (κ2) is 6.24. The molecular weight excluding hydrogens is 330 g/mol. The van der Waals surface area contributed by atoms with Crippen molar-refractivity contribution in [1.82, 2.24) is 5.32 Å². The first-order valence-electron chi connectivity index (χ1n) is 8.90. The lowest BCUT2D eigenvalue weighted by Gasteiger charge is -2.34. The van der Waals surface area contributed by atoms with Crippen LogP contribution in [-0.4, -0.2) is 25.4 Å². The van der Waals surface area contributed by atoms with Gasteiger partial charge < -0.3 is 19.9 Å². The third kappa shape index (κ3) is 2.87. The number of amides is 1. The number of carboxylic acid groups (broad SMARTS) is 1.